The van der Waals surface area contributed by atoms with Gasteiger partial charge in [0, 0.05) is 18.0 Å². The van der Waals surface area contributed by atoms with Crippen LogP contribution in [0.3, 0.4) is 0 Å². The van der Waals surface area contributed by atoms with Crippen molar-refractivity contribution >= 4 is 18.3 Å². The molecule has 1 aromatic carbocycles. The van der Waals surface area contributed by atoms with Crippen LogP contribution < -0.4 is 15.8 Å². The molecule has 0 bridgehead atoms. The Morgan fingerprint density at radius 3 is 2.55 bits per heavy atom. The number of rotatable bonds is 7. The second kappa shape index (κ2) is 9.61. The maximum atomic E-state index is 12.0. The summed E-state index contributed by atoms with van der Waals surface area (Å²) >= 11 is 0. The molecule has 20 heavy (non-hydrogen) atoms. The van der Waals surface area contributed by atoms with E-state index in [1.807, 2.05) is 45.0 Å². The first-order valence-electron chi connectivity index (χ1n) is 6.86. The van der Waals surface area contributed by atoms with Gasteiger partial charge in [-0.25, -0.2) is 0 Å². The summed E-state index contributed by atoms with van der Waals surface area (Å²) in [6, 6.07) is 7.78. The fourth-order valence-corrected chi connectivity index (χ4v) is 1.88. The number of ether oxygens (including phenoxy) is 1. The number of benzene rings is 1. The molecule has 0 aliphatic carbocycles. The third-order valence-electron chi connectivity index (χ3n) is 3.12. The zero-order chi connectivity index (χ0) is 14.3. The molecule has 2 unspecified atom stereocenters. The number of amides is 1. The summed E-state index contributed by atoms with van der Waals surface area (Å²) in [7, 11) is 0. The maximum absolute atomic E-state index is 12.0. The van der Waals surface area contributed by atoms with E-state index in [9.17, 15) is 4.79 Å². The van der Waals surface area contributed by atoms with Gasteiger partial charge in [0.25, 0.3) is 0 Å². The van der Waals surface area contributed by atoms with E-state index < -0.39 is 0 Å². The van der Waals surface area contributed by atoms with Crippen molar-refractivity contribution in [1.29, 1.82) is 0 Å². The van der Waals surface area contributed by atoms with Crippen molar-refractivity contribution in [2.24, 2.45) is 11.7 Å². The summed E-state index contributed by atoms with van der Waals surface area (Å²) in [4.78, 5) is 12.0. The van der Waals surface area contributed by atoms with Crippen molar-refractivity contribution in [3.63, 3.8) is 0 Å². The number of nitrogens with one attached hydrogen (secondary N) is 1. The van der Waals surface area contributed by atoms with Crippen LogP contribution in [0.4, 0.5) is 0 Å². The molecule has 0 radical (unpaired) electrons. The standard InChI is InChI=1S/C15H24N2O2.ClH/c1-4-13(17-15(18)11(3)10-16)12-8-6-7-9-14(12)19-5-2;/h6-9,11,13H,4-5,10,16H2,1-3H3,(H,17,18);1H. The summed E-state index contributed by atoms with van der Waals surface area (Å²) in [5.74, 6) is 0.645. The topological polar surface area (TPSA) is 64.3 Å². The fourth-order valence-electron chi connectivity index (χ4n) is 1.88. The maximum Gasteiger partial charge on any atom is 0.224 e. The molecular formula is C15H25ClN2O2. The molecular weight excluding hydrogens is 276 g/mol. The van der Waals surface area contributed by atoms with Gasteiger partial charge in [0.1, 0.15) is 5.75 Å². The van der Waals surface area contributed by atoms with Crippen molar-refractivity contribution in [2.75, 3.05) is 13.2 Å². The van der Waals surface area contributed by atoms with Crippen LogP contribution in [0.15, 0.2) is 24.3 Å². The number of carbonyl (C=O) groups is 1. The largest absolute Gasteiger partial charge is 0.494 e. The summed E-state index contributed by atoms with van der Waals surface area (Å²) in [6.07, 6.45) is 0.813. The van der Waals surface area contributed by atoms with E-state index in [0.717, 1.165) is 17.7 Å². The molecule has 4 nitrogen and oxygen atoms in total. The summed E-state index contributed by atoms with van der Waals surface area (Å²) in [5.41, 5.74) is 6.54. The highest BCUT2D eigenvalue weighted by Crippen LogP contribution is 2.27. The first-order chi connectivity index (χ1) is 9.13. The van der Waals surface area contributed by atoms with E-state index >= 15 is 0 Å². The van der Waals surface area contributed by atoms with E-state index in [-0.39, 0.29) is 30.3 Å². The molecule has 1 amide bonds. The predicted octanol–water partition coefficient (Wildman–Crippen LogP) is 2.67. The van der Waals surface area contributed by atoms with Crippen LogP contribution in [-0.2, 0) is 4.79 Å². The highest BCUT2D eigenvalue weighted by molar-refractivity contribution is 5.85. The molecule has 114 valence electrons. The smallest absolute Gasteiger partial charge is 0.224 e. The fraction of sp³-hybridized carbons (Fsp3) is 0.533. The van der Waals surface area contributed by atoms with Crippen LogP contribution in [0.2, 0.25) is 0 Å². The Labute approximate surface area is 127 Å². The number of hydrogen-bond acceptors (Lipinski definition) is 3. The Bertz CT molecular complexity index is 413. The number of para-hydroxylation sites is 1. The van der Waals surface area contributed by atoms with Crippen LogP contribution in [0.1, 0.15) is 38.8 Å². The molecule has 0 fully saturated rings. The zero-order valence-corrected chi connectivity index (χ0v) is 13.2. The number of hydrogen-bond donors (Lipinski definition) is 2. The second-order valence-electron chi connectivity index (χ2n) is 4.58. The van der Waals surface area contributed by atoms with Gasteiger partial charge < -0.3 is 15.8 Å². The first kappa shape index (κ1) is 18.7. The van der Waals surface area contributed by atoms with Gasteiger partial charge in [0.2, 0.25) is 5.91 Å². The Balaban J connectivity index is 0.00000361. The molecule has 3 N–H and O–H groups in total. The third-order valence-corrected chi connectivity index (χ3v) is 3.12. The van der Waals surface area contributed by atoms with Gasteiger partial charge >= 0.3 is 0 Å². The number of carbonyl (C=O) groups excluding carboxylic acids is 1. The molecule has 1 aromatic rings. The molecule has 0 aromatic heterocycles. The Morgan fingerprint density at radius 2 is 2.00 bits per heavy atom. The van der Waals surface area contributed by atoms with Gasteiger partial charge in [-0.15, -0.1) is 12.4 Å². The molecule has 0 aliphatic rings. The monoisotopic (exact) mass is 300 g/mol. The van der Waals surface area contributed by atoms with E-state index in [0.29, 0.717) is 13.2 Å². The summed E-state index contributed by atoms with van der Waals surface area (Å²) < 4.78 is 5.61. The SMILES string of the molecule is CCOc1ccccc1C(CC)NC(=O)C(C)CN.Cl. The van der Waals surface area contributed by atoms with E-state index in [2.05, 4.69) is 5.32 Å². The Kier molecular flexibility index (Phi) is 9.01. The number of halogens is 1. The molecule has 2 atom stereocenters. The van der Waals surface area contributed by atoms with Crippen molar-refractivity contribution < 1.29 is 9.53 Å². The van der Waals surface area contributed by atoms with Gasteiger partial charge in [-0.05, 0) is 19.4 Å². The lowest BCUT2D eigenvalue weighted by Crippen LogP contribution is -2.35. The summed E-state index contributed by atoms with van der Waals surface area (Å²) in [6.45, 7) is 6.79. The van der Waals surface area contributed by atoms with Crippen LogP contribution in [-0.4, -0.2) is 19.1 Å². The minimum absolute atomic E-state index is 0. The molecule has 0 heterocycles. The van der Waals surface area contributed by atoms with Gasteiger partial charge in [0.05, 0.1) is 12.6 Å². The lowest BCUT2D eigenvalue weighted by atomic mass is 10.0. The zero-order valence-electron chi connectivity index (χ0n) is 12.4. The lowest BCUT2D eigenvalue weighted by molar-refractivity contribution is -0.125. The molecule has 5 heteroatoms. The second-order valence-corrected chi connectivity index (χ2v) is 4.58. The predicted molar refractivity (Wildman–Crippen MR) is 84.3 cm³/mol. The molecule has 0 saturated carbocycles. The van der Waals surface area contributed by atoms with Crippen LogP contribution in [0, 0.1) is 5.92 Å². The Hall–Kier alpha value is -1.26. The molecule has 0 saturated heterocycles. The van der Waals surface area contributed by atoms with Crippen molar-refractivity contribution in [3.05, 3.63) is 29.8 Å². The van der Waals surface area contributed by atoms with Gasteiger partial charge in [-0.2, -0.15) is 0 Å². The molecule has 0 aliphatic heterocycles. The van der Waals surface area contributed by atoms with Gasteiger partial charge in [-0.1, -0.05) is 32.0 Å². The summed E-state index contributed by atoms with van der Waals surface area (Å²) in [5, 5.41) is 3.03. The van der Waals surface area contributed by atoms with E-state index in [1.54, 1.807) is 0 Å². The average molecular weight is 301 g/mol. The van der Waals surface area contributed by atoms with Crippen LogP contribution in [0.5, 0.6) is 5.75 Å². The van der Waals surface area contributed by atoms with Gasteiger partial charge in [-0.3, -0.25) is 4.79 Å². The first-order valence-corrected chi connectivity index (χ1v) is 6.86. The number of nitrogens with two attached hydrogens (primary N) is 1. The molecule has 1 rings (SSSR count). The average Bonchev–Trinajstić information content (AvgIpc) is 2.44. The highest BCUT2D eigenvalue weighted by Gasteiger charge is 2.19. The minimum atomic E-state index is -0.173. The van der Waals surface area contributed by atoms with Gasteiger partial charge in [0.15, 0.2) is 0 Å². The Morgan fingerprint density at radius 1 is 1.35 bits per heavy atom. The molecule has 0 spiro atoms. The van der Waals surface area contributed by atoms with Crippen LogP contribution in [0.25, 0.3) is 0 Å². The third kappa shape index (κ3) is 5.02. The van der Waals surface area contributed by atoms with Crippen molar-refractivity contribution in [3.8, 4) is 5.75 Å². The normalized spacial score (nSPS) is 13.0. The van der Waals surface area contributed by atoms with E-state index in [4.69, 9.17) is 10.5 Å². The minimum Gasteiger partial charge on any atom is -0.494 e. The van der Waals surface area contributed by atoms with E-state index in [1.165, 1.54) is 0 Å². The van der Waals surface area contributed by atoms with Crippen molar-refractivity contribution in [1.82, 2.24) is 5.32 Å². The highest BCUT2D eigenvalue weighted by atomic mass is 35.5. The lowest BCUT2D eigenvalue weighted by Gasteiger charge is -2.22. The van der Waals surface area contributed by atoms with Crippen LogP contribution >= 0.6 is 12.4 Å². The quantitative estimate of drug-likeness (QED) is 0.813. The van der Waals surface area contributed by atoms with Crippen molar-refractivity contribution in [2.45, 2.75) is 33.2 Å².